The summed E-state index contributed by atoms with van der Waals surface area (Å²) in [6, 6.07) is 14.6. The van der Waals surface area contributed by atoms with Crippen molar-refractivity contribution in [2.24, 2.45) is 5.10 Å². The zero-order chi connectivity index (χ0) is 15.9. The van der Waals surface area contributed by atoms with Crippen LogP contribution in [0.4, 0.5) is 0 Å². The molecule has 0 atom stereocenters. The number of carbonyl (C=O) groups is 1. The molecule has 22 heavy (non-hydrogen) atoms. The summed E-state index contributed by atoms with van der Waals surface area (Å²) in [6.07, 6.45) is 0.590. The van der Waals surface area contributed by atoms with Gasteiger partial charge in [-0.3, -0.25) is 4.79 Å². The van der Waals surface area contributed by atoms with E-state index in [1.54, 1.807) is 31.4 Å². The summed E-state index contributed by atoms with van der Waals surface area (Å²) in [6.45, 7) is 1.85. The maximum atomic E-state index is 12.0. The summed E-state index contributed by atoms with van der Waals surface area (Å²) >= 11 is 5.98. The maximum absolute atomic E-state index is 12.0. The third-order valence-electron chi connectivity index (χ3n) is 3.11. The molecule has 0 saturated carbocycles. The zero-order valence-corrected chi connectivity index (χ0v) is 13.2. The molecule has 0 spiro atoms. The molecule has 0 unspecified atom stereocenters. The molecule has 4 nitrogen and oxygen atoms in total. The van der Waals surface area contributed by atoms with Gasteiger partial charge >= 0.3 is 0 Å². The van der Waals surface area contributed by atoms with Crippen molar-refractivity contribution in [3.63, 3.8) is 0 Å². The Morgan fingerprint density at radius 3 is 2.59 bits per heavy atom. The number of hydrogen-bond acceptors (Lipinski definition) is 3. The van der Waals surface area contributed by atoms with E-state index in [-0.39, 0.29) is 5.91 Å². The minimum atomic E-state index is -0.329. The second-order valence-corrected chi connectivity index (χ2v) is 5.16. The van der Waals surface area contributed by atoms with Crippen LogP contribution in [0.1, 0.15) is 22.8 Å². The van der Waals surface area contributed by atoms with E-state index in [2.05, 4.69) is 10.5 Å². The summed E-state index contributed by atoms with van der Waals surface area (Å²) in [4.78, 5) is 12.0. The quantitative estimate of drug-likeness (QED) is 0.675. The van der Waals surface area contributed by atoms with Crippen LogP contribution in [-0.4, -0.2) is 18.7 Å². The molecule has 0 aliphatic carbocycles. The van der Waals surface area contributed by atoms with E-state index in [0.29, 0.717) is 17.0 Å². The third kappa shape index (κ3) is 4.09. The topological polar surface area (TPSA) is 50.7 Å². The summed E-state index contributed by atoms with van der Waals surface area (Å²) in [5.74, 6) is 0.472. The lowest BCUT2D eigenvalue weighted by Crippen LogP contribution is -2.20. The van der Waals surface area contributed by atoms with Crippen molar-refractivity contribution in [2.75, 3.05) is 7.11 Å². The Labute approximate surface area is 134 Å². The Morgan fingerprint density at radius 2 is 1.86 bits per heavy atom. The molecule has 114 valence electrons. The fourth-order valence-corrected chi connectivity index (χ4v) is 2.24. The van der Waals surface area contributed by atoms with Crippen LogP contribution in [-0.2, 0) is 6.42 Å². The van der Waals surface area contributed by atoms with Crippen molar-refractivity contribution in [2.45, 2.75) is 13.3 Å². The summed E-state index contributed by atoms with van der Waals surface area (Å²) < 4.78 is 5.30. The molecule has 2 aromatic carbocycles. The van der Waals surface area contributed by atoms with Gasteiger partial charge in [-0.2, -0.15) is 5.10 Å². The number of ether oxygens (including phenoxy) is 1. The van der Waals surface area contributed by atoms with E-state index < -0.39 is 0 Å². The van der Waals surface area contributed by atoms with Crippen LogP contribution in [0.2, 0.25) is 5.02 Å². The van der Waals surface area contributed by atoms with Crippen LogP contribution in [0.5, 0.6) is 5.75 Å². The Balaban J connectivity index is 2.04. The molecule has 0 aromatic heterocycles. The summed E-state index contributed by atoms with van der Waals surface area (Å²) in [7, 11) is 1.63. The van der Waals surface area contributed by atoms with Gasteiger partial charge in [0.25, 0.3) is 5.91 Å². The highest BCUT2D eigenvalue weighted by Crippen LogP contribution is 2.18. The molecule has 1 amide bonds. The Hall–Kier alpha value is -2.33. The third-order valence-corrected chi connectivity index (χ3v) is 3.44. The zero-order valence-electron chi connectivity index (χ0n) is 12.5. The molecule has 0 bridgehead atoms. The standard InChI is InChI=1S/C17H17ClN2O2/c1-12(11-13-7-3-6-10-16(13)22-2)19-20-17(21)14-8-4-5-9-15(14)18/h3-10H,11H2,1-2H3,(H,20,21)/b19-12-. The Kier molecular flexibility index (Phi) is 5.55. The number of nitrogens with zero attached hydrogens (tertiary/aromatic N) is 1. The molecule has 5 heteroatoms. The van der Waals surface area contributed by atoms with E-state index in [4.69, 9.17) is 16.3 Å². The average Bonchev–Trinajstić information content (AvgIpc) is 2.53. The lowest BCUT2D eigenvalue weighted by atomic mass is 10.1. The van der Waals surface area contributed by atoms with E-state index in [1.165, 1.54) is 0 Å². The molecule has 2 rings (SSSR count). The average molecular weight is 317 g/mol. The van der Waals surface area contributed by atoms with Crippen molar-refractivity contribution in [1.82, 2.24) is 5.43 Å². The van der Waals surface area contributed by atoms with E-state index in [0.717, 1.165) is 17.0 Å². The first-order valence-electron chi connectivity index (χ1n) is 6.81. The monoisotopic (exact) mass is 316 g/mol. The molecular weight excluding hydrogens is 300 g/mol. The van der Waals surface area contributed by atoms with Gasteiger partial charge in [0, 0.05) is 12.1 Å². The number of carbonyl (C=O) groups excluding carboxylic acids is 1. The smallest absolute Gasteiger partial charge is 0.272 e. The van der Waals surface area contributed by atoms with Gasteiger partial charge < -0.3 is 4.74 Å². The van der Waals surface area contributed by atoms with E-state index in [1.807, 2.05) is 31.2 Å². The lowest BCUT2D eigenvalue weighted by Gasteiger charge is -2.08. The highest BCUT2D eigenvalue weighted by Gasteiger charge is 2.09. The molecule has 0 aliphatic rings. The van der Waals surface area contributed by atoms with E-state index >= 15 is 0 Å². The second kappa shape index (κ2) is 7.61. The van der Waals surface area contributed by atoms with Crippen molar-refractivity contribution in [1.29, 1.82) is 0 Å². The van der Waals surface area contributed by atoms with Crippen molar-refractivity contribution in [3.8, 4) is 5.75 Å². The second-order valence-electron chi connectivity index (χ2n) is 4.76. The SMILES string of the molecule is COc1ccccc1C/C(C)=N\NC(=O)c1ccccc1Cl. The number of halogens is 1. The molecule has 1 N–H and O–H groups in total. The minimum Gasteiger partial charge on any atom is -0.496 e. The number of nitrogens with one attached hydrogen (secondary N) is 1. The summed E-state index contributed by atoms with van der Waals surface area (Å²) in [5.41, 5.74) is 4.70. The van der Waals surface area contributed by atoms with Crippen molar-refractivity contribution >= 4 is 23.2 Å². The number of para-hydroxylation sites is 1. The van der Waals surface area contributed by atoms with Crippen LogP contribution in [0, 0.1) is 0 Å². The summed E-state index contributed by atoms with van der Waals surface area (Å²) in [5, 5.41) is 4.52. The van der Waals surface area contributed by atoms with Gasteiger partial charge in [-0.05, 0) is 30.7 Å². The number of rotatable bonds is 5. The van der Waals surface area contributed by atoms with Gasteiger partial charge in [0.05, 0.1) is 17.7 Å². The molecule has 0 aliphatic heterocycles. The van der Waals surface area contributed by atoms with Crippen LogP contribution in [0.25, 0.3) is 0 Å². The highest BCUT2D eigenvalue weighted by atomic mass is 35.5. The van der Waals surface area contributed by atoms with Gasteiger partial charge in [0.15, 0.2) is 0 Å². The van der Waals surface area contributed by atoms with Crippen LogP contribution in [0.3, 0.4) is 0 Å². The normalized spacial score (nSPS) is 11.1. The molecule has 2 aromatic rings. The molecule has 0 saturated heterocycles. The number of benzene rings is 2. The van der Waals surface area contributed by atoms with Crippen LogP contribution >= 0.6 is 11.6 Å². The first kappa shape index (κ1) is 16.0. The lowest BCUT2D eigenvalue weighted by molar-refractivity contribution is 0.0955. The van der Waals surface area contributed by atoms with Gasteiger partial charge in [-0.15, -0.1) is 0 Å². The first-order chi connectivity index (χ1) is 10.6. The fraction of sp³-hybridized carbons (Fsp3) is 0.176. The minimum absolute atomic E-state index is 0.329. The predicted molar refractivity (Wildman–Crippen MR) is 88.7 cm³/mol. The van der Waals surface area contributed by atoms with Gasteiger partial charge in [0.2, 0.25) is 0 Å². The van der Waals surface area contributed by atoms with E-state index in [9.17, 15) is 4.79 Å². The predicted octanol–water partition coefficient (Wildman–Crippen LogP) is 3.70. The van der Waals surface area contributed by atoms with Crippen LogP contribution < -0.4 is 10.2 Å². The highest BCUT2D eigenvalue weighted by molar-refractivity contribution is 6.33. The van der Waals surface area contributed by atoms with Crippen molar-refractivity contribution in [3.05, 3.63) is 64.7 Å². The Morgan fingerprint density at radius 1 is 1.18 bits per heavy atom. The molecule has 0 fully saturated rings. The molecule has 0 radical (unpaired) electrons. The Bertz CT molecular complexity index is 699. The fourth-order valence-electron chi connectivity index (χ4n) is 2.02. The largest absolute Gasteiger partial charge is 0.496 e. The molecular formula is C17H17ClN2O2. The van der Waals surface area contributed by atoms with Crippen molar-refractivity contribution < 1.29 is 9.53 Å². The van der Waals surface area contributed by atoms with Gasteiger partial charge in [-0.25, -0.2) is 5.43 Å². The number of hydrazone groups is 1. The van der Waals surface area contributed by atoms with Gasteiger partial charge in [0.1, 0.15) is 5.75 Å². The number of methoxy groups -OCH3 is 1. The van der Waals surface area contributed by atoms with Crippen LogP contribution in [0.15, 0.2) is 53.6 Å². The first-order valence-corrected chi connectivity index (χ1v) is 7.19. The molecule has 0 heterocycles. The van der Waals surface area contributed by atoms with Gasteiger partial charge in [-0.1, -0.05) is 41.9 Å². The number of hydrogen-bond donors (Lipinski definition) is 1. The number of amides is 1. The maximum Gasteiger partial charge on any atom is 0.272 e.